The van der Waals surface area contributed by atoms with Crippen molar-refractivity contribution in [2.45, 2.75) is 62.8 Å². The Balaban J connectivity index is 1.27. The van der Waals surface area contributed by atoms with E-state index in [9.17, 15) is 34.6 Å². The molecule has 276 valence electrons. The molecule has 4 N–H and O–H groups in total. The number of carboxylic acid groups (broad SMARTS) is 1. The molecular weight excluding hydrogens is 722 g/mol. The van der Waals surface area contributed by atoms with Gasteiger partial charge in [-0.05, 0) is 65.0 Å². The van der Waals surface area contributed by atoms with Gasteiger partial charge in [0.15, 0.2) is 5.66 Å². The Labute approximate surface area is 306 Å². The van der Waals surface area contributed by atoms with Crippen LogP contribution in [0.3, 0.4) is 0 Å². The number of hydroxylamine groups is 2. The van der Waals surface area contributed by atoms with Crippen LogP contribution in [-0.4, -0.2) is 153 Å². The fraction of sp³-hybridized carbons (Fsp3) is 0.556. The summed E-state index contributed by atoms with van der Waals surface area (Å²) in [7, 11) is 1.33. The number of piperidine rings is 2. The zero-order valence-electron chi connectivity index (χ0n) is 29.1. The molecule has 15 heteroatoms. The van der Waals surface area contributed by atoms with Gasteiger partial charge in [-0.1, -0.05) is 18.2 Å². The van der Waals surface area contributed by atoms with Crippen molar-refractivity contribution < 1.29 is 39.1 Å². The first kappa shape index (κ1) is 37.2. The van der Waals surface area contributed by atoms with Gasteiger partial charge >= 0.3 is 12.1 Å². The number of phenols is 1. The number of phenolic OH excluding ortho intramolecular Hbond substituents is 1. The van der Waals surface area contributed by atoms with E-state index in [4.69, 9.17) is 0 Å². The first-order valence-electron chi connectivity index (χ1n) is 17.8. The number of nitrogens with zero attached hydrogens (tertiary/aromatic N) is 6. The molecule has 3 saturated heterocycles. The second-order valence-corrected chi connectivity index (χ2v) is 15.3. The number of anilines is 1. The van der Waals surface area contributed by atoms with Crippen molar-refractivity contribution in [3.63, 3.8) is 0 Å². The van der Waals surface area contributed by atoms with Gasteiger partial charge in [-0.15, -0.1) is 0 Å². The minimum Gasteiger partial charge on any atom is -0.507 e. The molecule has 51 heavy (non-hydrogen) atoms. The fourth-order valence-electron chi connectivity index (χ4n) is 8.91. The van der Waals surface area contributed by atoms with Gasteiger partial charge in [0, 0.05) is 89.0 Å². The van der Waals surface area contributed by atoms with E-state index in [0.717, 1.165) is 49.0 Å². The molecule has 4 amide bonds. The summed E-state index contributed by atoms with van der Waals surface area (Å²) >= 11 is 3.40. The number of nitrogens with one attached hydrogen (secondary N) is 1. The fourth-order valence-corrected chi connectivity index (χ4v) is 9.34. The number of benzene rings is 2. The number of aromatic hydroxyl groups is 1. The highest BCUT2D eigenvalue weighted by Crippen LogP contribution is 2.46. The van der Waals surface area contributed by atoms with Gasteiger partial charge in [0.25, 0.3) is 5.91 Å². The first-order chi connectivity index (χ1) is 24.5. The van der Waals surface area contributed by atoms with Gasteiger partial charge in [-0.3, -0.25) is 24.7 Å². The number of quaternary nitrogens is 1. The Morgan fingerprint density at radius 3 is 2.43 bits per heavy atom. The lowest BCUT2D eigenvalue weighted by atomic mass is 9.81. The van der Waals surface area contributed by atoms with Crippen molar-refractivity contribution in [3.05, 3.63) is 58.1 Å². The summed E-state index contributed by atoms with van der Waals surface area (Å²) in [6.07, 6.45) is 2.81. The van der Waals surface area contributed by atoms with Crippen LogP contribution in [0.25, 0.3) is 0 Å². The predicted octanol–water partition coefficient (Wildman–Crippen LogP) is 3.62. The Morgan fingerprint density at radius 2 is 1.76 bits per heavy atom. The maximum Gasteiger partial charge on any atom is 0.515 e. The van der Waals surface area contributed by atoms with Crippen LogP contribution in [0.2, 0.25) is 0 Å². The average Bonchev–Trinajstić information content (AvgIpc) is 3.29. The summed E-state index contributed by atoms with van der Waals surface area (Å²) < 4.78 is 0.0834. The number of likely N-dealkylation sites (N-methyl/N-ethyl adjacent to an activating group) is 1. The molecule has 2 aromatic rings. The number of carbonyl (C=O) groups excluding carboxylic acids is 3. The summed E-state index contributed by atoms with van der Waals surface area (Å²) in [6, 6.07) is 12.5. The van der Waals surface area contributed by atoms with Crippen LogP contribution in [0.15, 0.2) is 46.9 Å². The van der Waals surface area contributed by atoms with Crippen molar-refractivity contribution in [2.24, 2.45) is 0 Å². The monoisotopic (exact) mass is 770 g/mol. The third kappa shape index (κ3) is 7.50. The number of fused-ring (bicyclic) bond motifs is 1. The van der Waals surface area contributed by atoms with Crippen LogP contribution >= 0.6 is 15.9 Å². The highest BCUT2D eigenvalue weighted by molar-refractivity contribution is 9.10. The topological polar surface area (TPSA) is 157 Å². The summed E-state index contributed by atoms with van der Waals surface area (Å²) in [6.45, 7) is 5.13. The molecule has 3 fully saturated rings. The maximum absolute atomic E-state index is 13.8. The molecule has 14 nitrogen and oxygen atoms in total. The normalized spacial score (nSPS) is 26.9. The Kier molecular flexibility index (Phi) is 11.3. The molecule has 3 atom stereocenters. The Hall–Kier alpha value is -3.60. The Bertz CT molecular complexity index is 1610. The number of rotatable bonds is 9. The van der Waals surface area contributed by atoms with Crippen molar-refractivity contribution >= 4 is 45.9 Å². The molecule has 2 aromatic carbocycles. The molecule has 0 spiro atoms. The lowest BCUT2D eigenvalue weighted by Crippen LogP contribution is -2.78. The molecule has 0 saturated carbocycles. The van der Waals surface area contributed by atoms with Crippen LogP contribution in [0.5, 0.6) is 5.75 Å². The second kappa shape index (κ2) is 15.6. The largest absolute Gasteiger partial charge is 0.515 e. The van der Waals surface area contributed by atoms with Crippen molar-refractivity contribution in [1.82, 2.24) is 24.7 Å². The molecule has 0 radical (unpaired) electrons. The number of para-hydroxylation sites is 1. The van der Waals surface area contributed by atoms with Gasteiger partial charge in [0.05, 0.1) is 24.0 Å². The van der Waals surface area contributed by atoms with Gasteiger partial charge in [-0.25, -0.2) is 14.3 Å². The maximum atomic E-state index is 13.8. The molecule has 4 heterocycles. The molecular formula is C36H49BrN7O7+. The van der Waals surface area contributed by atoms with Crippen molar-refractivity contribution in [1.29, 1.82) is 0 Å². The van der Waals surface area contributed by atoms with E-state index >= 15 is 0 Å². The van der Waals surface area contributed by atoms with Gasteiger partial charge < -0.3 is 25.2 Å². The van der Waals surface area contributed by atoms with E-state index in [-0.39, 0.29) is 60.3 Å². The second-order valence-electron chi connectivity index (χ2n) is 14.4. The van der Waals surface area contributed by atoms with E-state index < -0.39 is 11.8 Å². The van der Waals surface area contributed by atoms with Crippen molar-refractivity contribution in [2.75, 3.05) is 71.3 Å². The molecule has 6 rings (SSSR count). The van der Waals surface area contributed by atoms with Crippen LogP contribution in [-0.2, 0) is 22.6 Å². The zero-order valence-corrected chi connectivity index (χ0v) is 30.7. The molecule has 4 aliphatic heterocycles. The summed E-state index contributed by atoms with van der Waals surface area (Å²) in [4.78, 5) is 60.9. The first-order valence-corrected chi connectivity index (χ1v) is 18.6. The minimum absolute atomic E-state index is 0.0125. The van der Waals surface area contributed by atoms with Gasteiger partial charge in [-0.2, -0.15) is 4.79 Å². The van der Waals surface area contributed by atoms with E-state index in [1.54, 1.807) is 18.2 Å². The zero-order chi connectivity index (χ0) is 36.3. The number of carbonyl (C=O) groups is 4. The number of hydrogen-bond acceptors (Lipinski definition) is 9. The number of amides is 4. The standard InChI is InChI=1S/C36H48BrN7O7/c1-39(51)33(47)24-40-16-18-41(19-17-40)28-9-13-42(14-10-28)36(12-21-45)23-29(43-15-8-27-4-2-3-5-31(27)38-34(43)48)11-20-44(36,35(49)50)25-26-6-7-32(46)30(37)22-26/h2-7,21-22,28-29,51H,8-20,23-25H2,1H3,(H2-,38,46,48,49,50)/p+1/t29?,36?,44-/m0/s1. The van der Waals surface area contributed by atoms with E-state index in [2.05, 4.69) is 31.0 Å². The highest BCUT2D eigenvalue weighted by atomic mass is 79.9. The number of aldehydes is 1. The van der Waals surface area contributed by atoms with Crippen LogP contribution in [0.1, 0.15) is 43.2 Å². The number of piperazine rings is 1. The number of hydrogen-bond donors (Lipinski definition) is 4. The molecule has 0 bridgehead atoms. The molecule has 0 aliphatic carbocycles. The smallest absolute Gasteiger partial charge is 0.507 e. The molecule has 2 unspecified atom stereocenters. The van der Waals surface area contributed by atoms with Gasteiger partial charge in [0.1, 0.15) is 18.6 Å². The third-order valence-electron chi connectivity index (χ3n) is 11.7. The SMILES string of the molecule is CN(O)C(=O)CN1CCN(C2CCN(C3(CC=O)CC(N4CCc5ccccc5NC4=O)CC[N@+]3(Cc3ccc(O)c(Br)c3)C(=O)O)CC2)CC1. The summed E-state index contributed by atoms with van der Waals surface area (Å²) in [5.74, 6) is -0.285. The number of likely N-dealkylation sites (tertiary alicyclic amines) is 2. The number of urea groups is 1. The number of halogens is 1. The van der Waals surface area contributed by atoms with E-state index in [1.807, 2.05) is 34.1 Å². The third-order valence-corrected chi connectivity index (χ3v) is 12.4. The van der Waals surface area contributed by atoms with Crippen LogP contribution in [0, 0.1) is 0 Å². The van der Waals surface area contributed by atoms with Crippen LogP contribution in [0.4, 0.5) is 15.3 Å². The van der Waals surface area contributed by atoms with E-state index in [0.29, 0.717) is 61.5 Å². The highest BCUT2D eigenvalue weighted by Gasteiger charge is 2.64. The molecule has 4 aliphatic rings. The minimum atomic E-state index is -1.14. The lowest BCUT2D eigenvalue weighted by molar-refractivity contribution is -0.942. The summed E-state index contributed by atoms with van der Waals surface area (Å²) in [5, 5.41) is 34.7. The van der Waals surface area contributed by atoms with Crippen LogP contribution < -0.4 is 5.32 Å². The van der Waals surface area contributed by atoms with Gasteiger partial charge in [0.2, 0.25) is 0 Å². The lowest BCUT2D eigenvalue weighted by Gasteiger charge is -2.59. The Morgan fingerprint density at radius 1 is 1.04 bits per heavy atom. The predicted molar refractivity (Wildman–Crippen MR) is 192 cm³/mol. The van der Waals surface area contributed by atoms with Crippen molar-refractivity contribution in [3.8, 4) is 5.75 Å². The summed E-state index contributed by atoms with van der Waals surface area (Å²) in [5.41, 5.74) is 1.41. The molecule has 0 aromatic heterocycles. The van der Waals surface area contributed by atoms with E-state index in [1.165, 1.54) is 7.05 Å². The average molecular weight is 772 g/mol. The quantitative estimate of drug-likeness (QED) is 0.129.